The maximum atomic E-state index is 11.5. The highest BCUT2D eigenvalue weighted by Gasteiger charge is 2.27. The summed E-state index contributed by atoms with van der Waals surface area (Å²) in [6.45, 7) is 1.75. The van der Waals surface area contributed by atoms with Gasteiger partial charge in [-0.25, -0.2) is 0 Å². The highest BCUT2D eigenvalue weighted by atomic mass is 16.4. The van der Waals surface area contributed by atoms with Gasteiger partial charge in [-0.05, 0) is 61.1 Å². The number of hydrogen-bond donors (Lipinski definition) is 2. The number of carboxylic acid groups (broad SMARTS) is 1. The second-order valence-corrected chi connectivity index (χ2v) is 7.78. The highest BCUT2D eigenvalue weighted by molar-refractivity contribution is 5.76. The zero-order valence-corrected chi connectivity index (χ0v) is 14.8. The molecule has 3 rings (SSSR count). The van der Waals surface area contributed by atoms with Crippen molar-refractivity contribution in [1.82, 2.24) is 0 Å². The van der Waals surface area contributed by atoms with Crippen LogP contribution in [0.1, 0.15) is 106 Å². The van der Waals surface area contributed by atoms with Crippen molar-refractivity contribution in [1.29, 1.82) is 0 Å². The number of carboxylic acids is 1. The molecule has 2 N–H and O–H groups in total. The molecular formula is C21H30O3. The van der Waals surface area contributed by atoms with Gasteiger partial charge in [0.25, 0.3) is 0 Å². The molecule has 0 aliphatic heterocycles. The fraction of sp³-hybridized carbons (Fsp3) is 0.667. The summed E-state index contributed by atoms with van der Waals surface area (Å²) >= 11 is 0. The van der Waals surface area contributed by atoms with E-state index in [0.717, 1.165) is 42.4 Å². The predicted molar refractivity (Wildman–Crippen MR) is 95.8 cm³/mol. The van der Waals surface area contributed by atoms with Crippen molar-refractivity contribution in [3.8, 4) is 5.75 Å². The number of phenols is 1. The summed E-state index contributed by atoms with van der Waals surface area (Å²) in [7, 11) is 0. The Balaban J connectivity index is 2.02. The first-order chi connectivity index (χ1) is 11.6. The molecule has 2 aliphatic rings. The number of phenolic OH excluding ortho intramolecular Hbond substituents is 1. The van der Waals surface area contributed by atoms with E-state index in [1.807, 2.05) is 12.1 Å². The molecule has 0 spiro atoms. The fourth-order valence-corrected chi connectivity index (χ4v) is 4.55. The molecular weight excluding hydrogens is 300 g/mol. The van der Waals surface area contributed by atoms with Crippen molar-refractivity contribution in [3.05, 3.63) is 28.8 Å². The summed E-state index contributed by atoms with van der Waals surface area (Å²) in [6.07, 6.45) is 11.8. The van der Waals surface area contributed by atoms with Gasteiger partial charge in [0, 0.05) is 0 Å². The Kier molecular flexibility index (Phi) is 5.47. The van der Waals surface area contributed by atoms with Gasteiger partial charge in [-0.15, -0.1) is 0 Å². The third-order valence-corrected chi connectivity index (χ3v) is 6.15. The summed E-state index contributed by atoms with van der Waals surface area (Å²) in [6, 6.07) is 3.97. The average Bonchev–Trinajstić information content (AvgIpc) is 2.62. The van der Waals surface area contributed by atoms with Gasteiger partial charge in [-0.2, -0.15) is 0 Å². The van der Waals surface area contributed by atoms with Crippen LogP contribution in [0.15, 0.2) is 12.1 Å². The minimum Gasteiger partial charge on any atom is -0.507 e. The topological polar surface area (TPSA) is 57.5 Å². The number of hydrogen-bond acceptors (Lipinski definition) is 2. The fourth-order valence-electron chi connectivity index (χ4n) is 4.55. The van der Waals surface area contributed by atoms with Crippen LogP contribution in [-0.2, 0) is 4.79 Å². The standard InChI is InChI=1S/C21H30O3/c1-14(21(23)24)17-12-18(15-8-4-2-5-9-15)20(22)19(13-17)16-10-6-3-7-11-16/h12-16,22H,2-11H2,1H3,(H,23,24). The van der Waals surface area contributed by atoms with Crippen molar-refractivity contribution in [2.24, 2.45) is 0 Å². The van der Waals surface area contributed by atoms with Gasteiger partial charge in [-0.1, -0.05) is 50.7 Å². The zero-order valence-electron chi connectivity index (χ0n) is 14.8. The largest absolute Gasteiger partial charge is 0.507 e. The third-order valence-electron chi connectivity index (χ3n) is 6.15. The van der Waals surface area contributed by atoms with E-state index in [-0.39, 0.29) is 0 Å². The molecule has 1 aromatic carbocycles. The van der Waals surface area contributed by atoms with E-state index >= 15 is 0 Å². The van der Waals surface area contributed by atoms with Crippen molar-refractivity contribution in [2.75, 3.05) is 0 Å². The minimum atomic E-state index is -0.787. The van der Waals surface area contributed by atoms with Gasteiger partial charge in [-0.3, -0.25) is 4.79 Å². The van der Waals surface area contributed by atoms with E-state index in [0.29, 0.717) is 17.6 Å². The Labute approximate surface area is 145 Å². The van der Waals surface area contributed by atoms with E-state index in [1.165, 1.54) is 38.5 Å². The van der Waals surface area contributed by atoms with Crippen LogP contribution in [0.2, 0.25) is 0 Å². The normalized spacial score (nSPS) is 21.5. The molecule has 2 saturated carbocycles. The van der Waals surface area contributed by atoms with Crippen LogP contribution < -0.4 is 0 Å². The molecule has 0 bridgehead atoms. The molecule has 2 fully saturated rings. The lowest BCUT2D eigenvalue weighted by Gasteiger charge is -2.28. The Morgan fingerprint density at radius 3 is 1.71 bits per heavy atom. The van der Waals surface area contributed by atoms with Crippen LogP contribution in [0, 0.1) is 0 Å². The first-order valence-corrected chi connectivity index (χ1v) is 9.67. The molecule has 3 nitrogen and oxygen atoms in total. The van der Waals surface area contributed by atoms with Crippen molar-refractivity contribution in [2.45, 2.75) is 88.9 Å². The molecule has 0 aromatic heterocycles. The van der Waals surface area contributed by atoms with Crippen LogP contribution in [0.4, 0.5) is 0 Å². The maximum Gasteiger partial charge on any atom is 0.310 e. The van der Waals surface area contributed by atoms with E-state index in [4.69, 9.17) is 0 Å². The molecule has 132 valence electrons. The van der Waals surface area contributed by atoms with Crippen LogP contribution in [0.5, 0.6) is 5.75 Å². The summed E-state index contributed by atoms with van der Waals surface area (Å²) < 4.78 is 0. The third kappa shape index (κ3) is 3.60. The quantitative estimate of drug-likeness (QED) is 0.747. The Bertz CT molecular complexity index is 542. The van der Waals surface area contributed by atoms with Gasteiger partial charge < -0.3 is 10.2 Å². The minimum absolute atomic E-state index is 0.391. The number of benzene rings is 1. The van der Waals surface area contributed by atoms with Crippen LogP contribution >= 0.6 is 0 Å². The van der Waals surface area contributed by atoms with Crippen molar-refractivity contribution < 1.29 is 15.0 Å². The van der Waals surface area contributed by atoms with E-state index < -0.39 is 11.9 Å². The molecule has 24 heavy (non-hydrogen) atoms. The number of rotatable bonds is 4. The van der Waals surface area contributed by atoms with Gasteiger partial charge in [0.05, 0.1) is 5.92 Å². The molecule has 0 amide bonds. The van der Waals surface area contributed by atoms with Crippen molar-refractivity contribution in [3.63, 3.8) is 0 Å². The number of carbonyl (C=O) groups is 1. The predicted octanol–water partition coefficient (Wildman–Crippen LogP) is 5.68. The van der Waals surface area contributed by atoms with E-state index in [2.05, 4.69) is 0 Å². The average molecular weight is 330 g/mol. The summed E-state index contributed by atoms with van der Waals surface area (Å²) in [5.41, 5.74) is 2.89. The SMILES string of the molecule is CC(C(=O)O)c1cc(C2CCCCC2)c(O)c(C2CCCCC2)c1. The molecule has 2 aliphatic carbocycles. The maximum absolute atomic E-state index is 11.5. The summed E-state index contributed by atoms with van der Waals surface area (Å²) in [5.74, 6) is -0.0561. The van der Waals surface area contributed by atoms with Gasteiger partial charge in [0.2, 0.25) is 0 Å². The van der Waals surface area contributed by atoms with Gasteiger partial charge in [0.1, 0.15) is 5.75 Å². The molecule has 0 saturated heterocycles. The van der Waals surface area contributed by atoms with Crippen LogP contribution in [0.25, 0.3) is 0 Å². The van der Waals surface area contributed by atoms with Crippen molar-refractivity contribution >= 4 is 5.97 Å². The van der Waals surface area contributed by atoms with E-state index in [1.54, 1.807) is 6.92 Å². The smallest absolute Gasteiger partial charge is 0.310 e. The molecule has 1 aromatic rings. The second-order valence-electron chi connectivity index (χ2n) is 7.78. The lowest BCUT2D eigenvalue weighted by molar-refractivity contribution is -0.138. The molecule has 3 heteroatoms. The Morgan fingerprint density at radius 2 is 1.33 bits per heavy atom. The first-order valence-electron chi connectivity index (χ1n) is 9.67. The second kappa shape index (κ2) is 7.58. The molecule has 0 radical (unpaired) electrons. The summed E-state index contributed by atoms with van der Waals surface area (Å²) in [4.78, 5) is 11.5. The number of aliphatic carboxylic acids is 1. The zero-order chi connectivity index (χ0) is 17.1. The monoisotopic (exact) mass is 330 g/mol. The lowest BCUT2D eigenvalue weighted by Crippen LogP contribution is -2.13. The van der Waals surface area contributed by atoms with E-state index in [9.17, 15) is 15.0 Å². The molecule has 0 heterocycles. The lowest BCUT2D eigenvalue weighted by atomic mass is 9.77. The first kappa shape index (κ1) is 17.3. The van der Waals surface area contributed by atoms with Gasteiger partial charge >= 0.3 is 5.97 Å². The Morgan fingerprint density at radius 1 is 0.917 bits per heavy atom. The van der Waals surface area contributed by atoms with Crippen LogP contribution in [0.3, 0.4) is 0 Å². The van der Waals surface area contributed by atoms with Crippen LogP contribution in [-0.4, -0.2) is 16.2 Å². The van der Waals surface area contributed by atoms with Gasteiger partial charge in [0.15, 0.2) is 0 Å². The summed E-state index contributed by atoms with van der Waals surface area (Å²) in [5, 5.41) is 20.4. The molecule has 1 unspecified atom stereocenters. The Hall–Kier alpha value is -1.51. The number of aromatic hydroxyl groups is 1. The highest BCUT2D eigenvalue weighted by Crippen LogP contribution is 2.45. The molecule has 1 atom stereocenters.